The molecule has 1 fully saturated rings. The molecule has 4 unspecified atom stereocenters. The van der Waals surface area contributed by atoms with Gasteiger partial charge in [0.25, 0.3) is 0 Å². The molecule has 0 aliphatic heterocycles. The predicted octanol–water partition coefficient (Wildman–Crippen LogP) is 1.46. The third-order valence-electron chi connectivity index (χ3n) is 4.59. The maximum atomic E-state index is 12.3. The van der Waals surface area contributed by atoms with E-state index in [1.807, 2.05) is 27.7 Å². The number of nitrogens with two attached hydrogens (primary N) is 1. The van der Waals surface area contributed by atoms with Crippen LogP contribution in [0.4, 0.5) is 0 Å². The van der Waals surface area contributed by atoms with E-state index >= 15 is 0 Å². The Hall–Kier alpha value is -0.360. The Morgan fingerprint density at radius 2 is 2.05 bits per heavy atom. The van der Waals surface area contributed by atoms with E-state index in [2.05, 4.69) is 5.32 Å². The van der Waals surface area contributed by atoms with E-state index < -0.39 is 5.54 Å². The number of aliphatic hydroxyl groups excluding tert-OH is 1. The molecule has 126 valence electrons. The number of amides is 1. The van der Waals surface area contributed by atoms with E-state index in [9.17, 15) is 9.90 Å². The summed E-state index contributed by atoms with van der Waals surface area (Å²) >= 11 is 0. The lowest BCUT2D eigenvalue weighted by molar-refractivity contribution is -0.170. The third kappa shape index (κ3) is 4.31. The number of nitrogens with one attached hydrogen (secondary N) is 1. The Balaban J connectivity index is 0.00000400. The van der Waals surface area contributed by atoms with E-state index in [1.165, 1.54) is 0 Å². The molecule has 0 aromatic heterocycles. The van der Waals surface area contributed by atoms with Crippen LogP contribution in [0, 0.1) is 11.3 Å². The Morgan fingerprint density at radius 3 is 2.48 bits per heavy atom. The van der Waals surface area contributed by atoms with Gasteiger partial charge in [-0.3, -0.25) is 4.79 Å². The summed E-state index contributed by atoms with van der Waals surface area (Å²) in [6, 6.07) is 0. The Bertz CT molecular complexity index is 350. The average Bonchev–Trinajstić information content (AvgIpc) is 2.34. The average molecular weight is 323 g/mol. The molecule has 5 nitrogen and oxygen atoms in total. The summed E-state index contributed by atoms with van der Waals surface area (Å²) in [6.45, 7) is 10.8. The second kappa shape index (κ2) is 7.77. The van der Waals surface area contributed by atoms with Crippen LogP contribution in [0.2, 0.25) is 0 Å². The highest BCUT2D eigenvalue weighted by Gasteiger charge is 2.62. The summed E-state index contributed by atoms with van der Waals surface area (Å²) < 4.78 is 5.62. The quantitative estimate of drug-likeness (QED) is 0.662. The maximum Gasteiger partial charge on any atom is 0.240 e. The molecule has 0 aromatic rings. The topological polar surface area (TPSA) is 84.6 Å². The molecule has 1 saturated carbocycles. The Labute approximate surface area is 134 Å². The first-order chi connectivity index (χ1) is 9.15. The molecule has 0 bridgehead atoms. The molecule has 0 heterocycles. The molecule has 4 N–H and O–H groups in total. The van der Waals surface area contributed by atoms with Crippen molar-refractivity contribution in [2.45, 2.75) is 65.2 Å². The van der Waals surface area contributed by atoms with Crippen molar-refractivity contribution in [3.05, 3.63) is 0 Å². The number of aliphatic hydroxyl groups is 1. The number of halogens is 1. The van der Waals surface area contributed by atoms with Crippen LogP contribution < -0.4 is 11.1 Å². The first-order valence-corrected chi connectivity index (χ1v) is 7.52. The van der Waals surface area contributed by atoms with Crippen LogP contribution in [0.3, 0.4) is 0 Å². The lowest BCUT2D eigenvalue weighted by Crippen LogP contribution is -2.75. The van der Waals surface area contributed by atoms with Crippen molar-refractivity contribution in [1.29, 1.82) is 0 Å². The highest BCUT2D eigenvalue weighted by atomic mass is 35.5. The first-order valence-electron chi connectivity index (χ1n) is 7.52. The number of rotatable bonds is 7. The van der Waals surface area contributed by atoms with Crippen molar-refractivity contribution in [2.24, 2.45) is 17.1 Å². The third-order valence-corrected chi connectivity index (χ3v) is 4.59. The summed E-state index contributed by atoms with van der Waals surface area (Å²) in [4.78, 5) is 12.3. The van der Waals surface area contributed by atoms with Crippen LogP contribution in [0.25, 0.3) is 0 Å². The van der Waals surface area contributed by atoms with E-state index in [0.29, 0.717) is 26.0 Å². The van der Waals surface area contributed by atoms with E-state index in [4.69, 9.17) is 10.5 Å². The van der Waals surface area contributed by atoms with Gasteiger partial charge in [0, 0.05) is 25.0 Å². The van der Waals surface area contributed by atoms with Gasteiger partial charge in [0.1, 0.15) is 5.54 Å². The maximum absolute atomic E-state index is 12.3. The zero-order chi connectivity index (χ0) is 15.6. The van der Waals surface area contributed by atoms with E-state index in [1.54, 1.807) is 6.92 Å². The Kier molecular flexibility index (Phi) is 7.63. The molecule has 1 aliphatic carbocycles. The lowest BCUT2D eigenvalue weighted by Gasteiger charge is -2.57. The van der Waals surface area contributed by atoms with Crippen LogP contribution in [0.1, 0.15) is 47.5 Å². The smallest absolute Gasteiger partial charge is 0.240 e. The van der Waals surface area contributed by atoms with Gasteiger partial charge >= 0.3 is 0 Å². The van der Waals surface area contributed by atoms with Gasteiger partial charge in [-0.25, -0.2) is 0 Å². The predicted molar refractivity (Wildman–Crippen MR) is 86.4 cm³/mol. The highest BCUT2D eigenvalue weighted by molar-refractivity contribution is 5.88. The minimum atomic E-state index is -0.864. The van der Waals surface area contributed by atoms with Crippen LogP contribution >= 0.6 is 12.4 Å². The van der Waals surface area contributed by atoms with Gasteiger partial charge in [0.15, 0.2) is 0 Å². The fraction of sp³-hybridized carbons (Fsp3) is 0.933. The van der Waals surface area contributed by atoms with Crippen molar-refractivity contribution in [3.8, 4) is 0 Å². The SMILES string of the molecule is CCOC1CC(N)(C(=O)NCC(C)CC(C)O)C1(C)C.Cl. The molecular weight excluding hydrogens is 292 g/mol. The van der Waals surface area contributed by atoms with Crippen LogP contribution in [-0.2, 0) is 9.53 Å². The summed E-state index contributed by atoms with van der Waals surface area (Å²) in [5.41, 5.74) is 5.07. The lowest BCUT2D eigenvalue weighted by atomic mass is 9.54. The van der Waals surface area contributed by atoms with Crippen molar-refractivity contribution >= 4 is 18.3 Å². The van der Waals surface area contributed by atoms with E-state index in [0.717, 1.165) is 0 Å². The second-order valence-electron chi connectivity index (χ2n) is 6.74. The monoisotopic (exact) mass is 322 g/mol. The number of hydrogen-bond donors (Lipinski definition) is 3. The first kappa shape index (κ1) is 20.6. The summed E-state index contributed by atoms with van der Waals surface area (Å²) in [7, 11) is 0. The van der Waals surface area contributed by atoms with Crippen LogP contribution in [0.5, 0.6) is 0 Å². The molecule has 1 amide bonds. The number of hydrogen-bond acceptors (Lipinski definition) is 4. The summed E-state index contributed by atoms with van der Waals surface area (Å²) in [5, 5.41) is 12.2. The number of carbonyl (C=O) groups excluding carboxylic acids is 1. The summed E-state index contributed by atoms with van der Waals surface area (Å²) in [6.07, 6.45) is 0.919. The molecule has 1 aliphatic rings. The second-order valence-corrected chi connectivity index (χ2v) is 6.74. The molecule has 21 heavy (non-hydrogen) atoms. The summed E-state index contributed by atoms with van der Waals surface area (Å²) in [5.74, 6) is 0.115. The normalized spacial score (nSPS) is 29.8. The van der Waals surface area contributed by atoms with Gasteiger partial charge in [-0.2, -0.15) is 0 Å². The van der Waals surface area contributed by atoms with Gasteiger partial charge in [-0.15, -0.1) is 12.4 Å². The van der Waals surface area contributed by atoms with Crippen LogP contribution in [0.15, 0.2) is 0 Å². The number of carbonyl (C=O) groups is 1. The molecule has 6 heteroatoms. The zero-order valence-corrected chi connectivity index (χ0v) is 14.6. The standard InChI is InChI=1S/C15H30N2O3.ClH/c1-6-20-12-8-15(16,14(12,4)5)13(19)17-9-10(2)7-11(3)18;/h10-12,18H,6-9,16H2,1-5H3,(H,17,19);1H. The van der Waals surface area contributed by atoms with Gasteiger partial charge in [-0.05, 0) is 26.2 Å². The largest absolute Gasteiger partial charge is 0.393 e. The van der Waals surface area contributed by atoms with Gasteiger partial charge < -0.3 is 20.9 Å². The van der Waals surface area contributed by atoms with Crippen molar-refractivity contribution in [1.82, 2.24) is 5.32 Å². The molecule has 0 saturated heterocycles. The minimum absolute atomic E-state index is 0. The van der Waals surface area contributed by atoms with Gasteiger partial charge in [0.2, 0.25) is 5.91 Å². The fourth-order valence-corrected chi connectivity index (χ4v) is 2.91. The fourth-order valence-electron chi connectivity index (χ4n) is 2.91. The molecular formula is C15H31ClN2O3. The van der Waals surface area contributed by atoms with Gasteiger partial charge in [0.05, 0.1) is 12.2 Å². The molecule has 0 radical (unpaired) electrons. The van der Waals surface area contributed by atoms with Crippen molar-refractivity contribution in [2.75, 3.05) is 13.2 Å². The van der Waals surface area contributed by atoms with E-state index in [-0.39, 0.29) is 41.9 Å². The Morgan fingerprint density at radius 1 is 1.48 bits per heavy atom. The molecule has 4 atom stereocenters. The molecule has 0 spiro atoms. The number of ether oxygens (including phenoxy) is 1. The van der Waals surface area contributed by atoms with Crippen LogP contribution in [-0.4, -0.2) is 41.9 Å². The molecule has 1 rings (SSSR count). The minimum Gasteiger partial charge on any atom is -0.393 e. The van der Waals surface area contributed by atoms with Crippen molar-refractivity contribution in [3.63, 3.8) is 0 Å². The highest BCUT2D eigenvalue weighted by Crippen LogP contribution is 2.49. The zero-order valence-electron chi connectivity index (χ0n) is 13.8. The van der Waals surface area contributed by atoms with Crippen molar-refractivity contribution < 1.29 is 14.6 Å². The van der Waals surface area contributed by atoms with Gasteiger partial charge in [-0.1, -0.05) is 20.8 Å². The molecule has 0 aromatic carbocycles.